The van der Waals surface area contributed by atoms with E-state index in [1.165, 1.54) is 26.2 Å². The van der Waals surface area contributed by atoms with Crippen LogP contribution in [0.25, 0.3) is 0 Å². The molecule has 0 fully saturated rings. The standard InChI is InChI=1S/C23H27FO4/c1-17(25)12-21(16-27-2)23(26)11-10-18-6-8-19(9-7-18)14-28-15-20-4-3-5-22(24)13-20/h3-9,13,21H,10-12,14-16H2,1-2H3/t21-/m1/s1. The van der Waals surface area contributed by atoms with E-state index >= 15 is 0 Å². The number of hydrogen-bond donors (Lipinski definition) is 0. The number of carbonyl (C=O) groups is 2. The van der Waals surface area contributed by atoms with Crippen LogP contribution in [0.2, 0.25) is 0 Å². The Morgan fingerprint density at radius 2 is 1.68 bits per heavy atom. The molecule has 0 N–H and O–H groups in total. The maximum Gasteiger partial charge on any atom is 0.139 e. The second-order valence-corrected chi connectivity index (χ2v) is 6.96. The zero-order valence-electron chi connectivity index (χ0n) is 16.4. The predicted octanol–water partition coefficient (Wildman–Crippen LogP) is 4.29. The van der Waals surface area contributed by atoms with Gasteiger partial charge in [-0.3, -0.25) is 4.79 Å². The molecule has 0 aliphatic carbocycles. The number of Topliss-reactive ketones (excluding diaryl/α,β-unsaturated/α-hetero) is 2. The average molecular weight is 386 g/mol. The molecule has 2 aromatic carbocycles. The highest BCUT2D eigenvalue weighted by Crippen LogP contribution is 2.14. The minimum absolute atomic E-state index is 0.00186. The number of carbonyl (C=O) groups excluding carboxylic acids is 2. The molecule has 5 heteroatoms. The highest BCUT2D eigenvalue weighted by atomic mass is 19.1. The molecule has 0 heterocycles. The van der Waals surface area contributed by atoms with Gasteiger partial charge < -0.3 is 14.3 Å². The van der Waals surface area contributed by atoms with Gasteiger partial charge in [-0.2, -0.15) is 0 Å². The van der Waals surface area contributed by atoms with Crippen LogP contribution in [-0.2, 0) is 38.7 Å². The van der Waals surface area contributed by atoms with Gasteiger partial charge in [0.2, 0.25) is 0 Å². The summed E-state index contributed by atoms with van der Waals surface area (Å²) in [6.07, 6.45) is 1.24. The first-order chi connectivity index (χ1) is 13.5. The Morgan fingerprint density at radius 1 is 1.00 bits per heavy atom. The van der Waals surface area contributed by atoms with Gasteiger partial charge in [-0.15, -0.1) is 0 Å². The summed E-state index contributed by atoms with van der Waals surface area (Å²) >= 11 is 0. The number of methoxy groups -OCH3 is 1. The number of hydrogen-bond acceptors (Lipinski definition) is 4. The van der Waals surface area contributed by atoms with Crippen LogP contribution in [0.1, 0.15) is 36.5 Å². The summed E-state index contributed by atoms with van der Waals surface area (Å²) in [5.74, 6) is -0.577. The summed E-state index contributed by atoms with van der Waals surface area (Å²) in [6.45, 7) is 2.56. The van der Waals surface area contributed by atoms with Crippen molar-refractivity contribution in [2.45, 2.75) is 39.4 Å². The lowest BCUT2D eigenvalue weighted by Crippen LogP contribution is -2.22. The van der Waals surface area contributed by atoms with Crippen molar-refractivity contribution >= 4 is 11.6 Å². The van der Waals surface area contributed by atoms with Crippen LogP contribution in [0, 0.1) is 11.7 Å². The third-order valence-electron chi connectivity index (χ3n) is 4.47. The van der Waals surface area contributed by atoms with Gasteiger partial charge in [0.25, 0.3) is 0 Å². The van der Waals surface area contributed by atoms with E-state index in [1.807, 2.05) is 30.3 Å². The minimum Gasteiger partial charge on any atom is -0.384 e. The van der Waals surface area contributed by atoms with Crippen LogP contribution in [0.4, 0.5) is 4.39 Å². The summed E-state index contributed by atoms with van der Waals surface area (Å²) in [6, 6.07) is 14.2. The molecule has 0 bridgehead atoms. The molecule has 0 radical (unpaired) electrons. The molecule has 0 saturated carbocycles. The Hall–Kier alpha value is -2.37. The molecule has 150 valence electrons. The van der Waals surface area contributed by atoms with Crippen LogP contribution in [0.5, 0.6) is 0 Å². The smallest absolute Gasteiger partial charge is 0.139 e. The van der Waals surface area contributed by atoms with Gasteiger partial charge >= 0.3 is 0 Å². The summed E-state index contributed by atoms with van der Waals surface area (Å²) in [5, 5.41) is 0. The van der Waals surface area contributed by atoms with E-state index < -0.39 is 0 Å². The fourth-order valence-electron chi connectivity index (χ4n) is 3.00. The van der Waals surface area contributed by atoms with E-state index in [2.05, 4.69) is 0 Å². The number of benzene rings is 2. The van der Waals surface area contributed by atoms with Crippen molar-refractivity contribution in [1.29, 1.82) is 0 Å². The van der Waals surface area contributed by atoms with E-state index in [-0.39, 0.29) is 36.3 Å². The summed E-state index contributed by atoms with van der Waals surface area (Å²) in [4.78, 5) is 23.6. The molecule has 0 aliphatic rings. The molecule has 0 unspecified atom stereocenters. The normalized spacial score (nSPS) is 12.0. The fraction of sp³-hybridized carbons (Fsp3) is 0.391. The SMILES string of the molecule is COC[C@@H](CC(C)=O)C(=O)CCc1ccc(COCc2cccc(F)c2)cc1. The van der Waals surface area contributed by atoms with Gasteiger partial charge in [-0.1, -0.05) is 36.4 Å². The fourth-order valence-corrected chi connectivity index (χ4v) is 3.00. The Balaban J connectivity index is 1.78. The summed E-state index contributed by atoms with van der Waals surface area (Å²) in [7, 11) is 1.54. The van der Waals surface area contributed by atoms with Gasteiger partial charge in [-0.05, 0) is 42.2 Å². The van der Waals surface area contributed by atoms with Crippen molar-refractivity contribution in [2.75, 3.05) is 13.7 Å². The molecule has 0 amide bonds. The molecule has 0 aliphatic heterocycles. The van der Waals surface area contributed by atoms with Crippen LogP contribution >= 0.6 is 0 Å². The Bertz CT molecular complexity index is 770. The van der Waals surface area contributed by atoms with Gasteiger partial charge in [0, 0.05) is 25.9 Å². The Labute approximate surface area is 165 Å². The van der Waals surface area contributed by atoms with E-state index in [0.717, 1.165) is 16.7 Å². The second-order valence-electron chi connectivity index (χ2n) is 6.96. The van der Waals surface area contributed by atoms with Crippen LogP contribution in [-0.4, -0.2) is 25.3 Å². The van der Waals surface area contributed by atoms with Crippen LogP contribution in [0.15, 0.2) is 48.5 Å². The van der Waals surface area contributed by atoms with Gasteiger partial charge in [0.05, 0.1) is 19.8 Å². The van der Waals surface area contributed by atoms with Crippen molar-refractivity contribution in [3.05, 3.63) is 71.0 Å². The minimum atomic E-state index is -0.363. The van der Waals surface area contributed by atoms with Gasteiger partial charge in [-0.25, -0.2) is 4.39 Å². The highest BCUT2D eigenvalue weighted by molar-refractivity contribution is 5.87. The molecule has 4 nitrogen and oxygen atoms in total. The van der Waals surface area contributed by atoms with Crippen molar-refractivity contribution in [2.24, 2.45) is 5.92 Å². The lowest BCUT2D eigenvalue weighted by molar-refractivity contribution is -0.128. The molecule has 0 spiro atoms. The molecule has 2 aromatic rings. The third-order valence-corrected chi connectivity index (χ3v) is 4.47. The lowest BCUT2D eigenvalue weighted by Gasteiger charge is -2.13. The van der Waals surface area contributed by atoms with E-state index in [1.54, 1.807) is 6.07 Å². The number of rotatable bonds is 12. The van der Waals surface area contributed by atoms with E-state index in [4.69, 9.17) is 9.47 Å². The van der Waals surface area contributed by atoms with Gasteiger partial charge in [0.15, 0.2) is 0 Å². The molecule has 1 atom stereocenters. The molecular formula is C23H27FO4. The number of ether oxygens (including phenoxy) is 2. The number of aryl methyl sites for hydroxylation is 1. The molecule has 0 aromatic heterocycles. The first-order valence-corrected chi connectivity index (χ1v) is 9.39. The summed E-state index contributed by atoms with van der Waals surface area (Å²) < 4.78 is 23.8. The molecule has 0 saturated heterocycles. The van der Waals surface area contributed by atoms with Crippen molar-refractivity contribution in [3.63, 3.8) is 0 Å². The monoisotopic (exact) mass is 386 g/mol. The lowest BCUT2D eigenvalue weighted by atomic mass is 9.94. The maximum atomic E-state index is 13.1. The summed E-state index contributed by atoms with van der Waals surface area (Å²) in [5.41, 5.74) is 2.87. The topological polar surface area (TPSA) is 52.6 Å². The van der Waals surface area contributed by atoms with Crippen LogP contribution in [0.3, 0.4) is 0 Å². The van der Waals surface area contributed by atoms with Crippen molar-refractivity contribution in [1.82, 2.24) is 0 Å². The maximum absolute atomic E-state index is 13.1. The third kappa shape index (κ3) is 7.71. The number of halogens is 1. The average Bonchev–Trinajstić information content (AvgIpc) is 2.66. The first-order valence-electron chi connectivity index (χ1n) is 9.39. The van der Waals surface area contributed by atoms with Crippen molar-refractivity contribution in [3.8, 4) is 0 Å². The second kappa shape index (κ2) is 11.5. The Kier molecular flexibility index (Phi) is 8.98. The van der Waals surface area contributed by atoms with Crippen LogP contribution < -0.4 is 0 Å². The molecule has 28 heavy (non-hydrogen) atoms. The molecule has 2 rings (SSSR count). The zero-order chi connectivity index (χ0) is 20.4. The predicted molar refractivity (Wildman–Crippen MR) is 105 cm³/mol. The van der Waals surface area contributed by atoms with Crippen molar-refractivity contribution < 1.29 is 23.5 Å². The number of ketones is 2. The zero-order valence-corrected chi connectivity index (χ0v) is 16.4. The highest BCUT2D eigenvalue weighted by Gasteiger charge is 2.19. The first kappa shape index (κ1) is 21.9. The Morgan fingerprint density at radius 3 is 2.32 bits per heavy atom. The van der Waals surface area contributed by atoms with E-state index in [9.17, 15) is 14.0 Å². The van der Waals surface area contributed by atoms with Gasteiger partial charge in [0.1, 0.15) is 17.4 Å². The molecular weight excluding hydrogens is 359 g/mol. The largest absolute Gasteiger partial charge is 0.384 e. The van der Waals surface area contributed by atoms with E-state index in [0.29, 0.717) is 26.1 Å². The quantitative estimate of drug-likeness (QED) is 0.546.